The van der Waals surface area contributed by atoms with Crippen molar-refractivity contribution in [3.05, 3.63) is 0 Å². The Hall–Kier alpha value is -0.120. The minimum Gasteiger partial charge on any atom is -0.379 e. The van der Waals surface area contributed by atoms with Gasteiger partial charge in [0.25, 0.3) is 0 Å². The third-order valence-electron chi connectivity index (χ3n) is 1.61. The predicted octanol–water partition coefficient (Wildman–Crippen LogP) is 1.85. The molecule has 0 aromatic carbocycles. The van der Waals surface area contributed by atoms with Crippen LogP contribution in [0.5, 0.6) is 0 Å². The van der Waals surface area contributed by atoms with Crippen LogP contribution in [0.4, 0.5) is 0 Å². The Morgan fingerprint density at radius 1 is 0.923 bits per heavy atom. The molecular weight excluding hydrogens is 168 g/mol. The summed E-state index contributed by atoms with van der Waals surface area (Å²) in [6.07, 6.45) is 0.578. The van der Waals surface area contributed by atoms with E-state index in [0.717, 1.165) is 0 Å². The van der Waals surface area contributed by atoms with E-state index in [4.69, 9.17) is 14.2 Å². The number of methoxy groups -OCH3 is 1. The molecule has 3 nitrogen and oxygen atoms in total. The van der Waals surface area contributed by atoms with E-state index in [-0.39, 0.29) is 18.3 Å². The number of hydrogen-bond donors (Lipinski definition) is 0. The molecule has 13 heavy (non-hydrogen) atoms. The summed E-state index contributed by atoms with van der Waals surface area (Å²) < 4.78 is 15.9. The van der Waals surface area contributed by atoms with Crippen LogP contribution >= 0.6 is 0 Å². The molecule has 0 spiro atoms. The number of rotatable bonds is 7. The molecule has 0 saturated carbocycles. The van der Waals surface area contributed by atoms with Gasteiger partial charge in [-0.15, -0.1) is 0 Å². The monoisotopic (exact) mass is 190 g/mol. The highest BCUT2D eigenvalue weighted by Gasteiger charge is 2.06. The van der Waals surface area contributed by atoms with E-state index in [1.807, 2.05) is 27.7 Å². The second-order valence-electron chi connectivity index (χ2n) is 3.58. The van der Waals surface area contributed by atoms with Crippen LogP contribution in [-0.2, 0) is 14.2 Å². The van der Waals surface area contributed by atoms with Crippen molar-refractivity contribution < 1.29 is 14.2 Å². The number of hydrogen-bond acceptors (Lipinski definition) is 3. The second kappa shape index (κ2) is 7.30. The van der Waals surface area contributed by atoms with Gasteiger partial charge in [-0.1, -0.05) is 0 Å². The van der Waals surface area contributed by atoms with Crippen LogP contribution in [0.15, 0.2) is 0 Å². The van der Waals surface area contributed by atoms with Crippen molar-refractivity contribution in [3.8, 4) is 0 Å². The summed E-state index contributed by atoms with van der Waals surface area (Å²) in [5.41, 5.74) is 0. The molecule has 0 N–H and O–H groups in total. The van der Waals surface area contributed by atoms with Crippen LogP contribution in [0.1, 0.15) is 27.7 Å². The molecule has 3 heteroatoms. The van der Waals surface area contributed by atoms with Crippen molar-refractivity contribution in [2.24, 2.45) is 0 Å². The van der Waals surface area contributed by atoms with Gasteiger partial charge in [-0.25, -0.2) is 0 Å². The zero-order valence-electron chi connectivity index (χ0n) is 9.37. The molecule has 0 aliphatic carbocycles. The molecule has 0 aromatic heterocycles. The molecule has 0 radical (unpaired) electrons. The average Bonchev–Trinajstić information content (AvgIpc) is 2.02. The summed E-state index contributed by atoms with van der Waals surface area (Å²) in [6, 6.07) is 0. The van der Waals surface area contributed by atoms with Crippen molar-refractivity contribution in [1.29, 1.82) is 0 Å². The van der Waals surface area contributed by atoms with Crippen molar-refractivity contribution in [3.63, 3.8) is 0 Å². The van der Waals surface area contributed by atoms with Crippen LogP contribution in [-0.4, -0.2) is 38.6 Å². The Bertz CT molecular complexity index is 115. The lowest BCUT2D eigenvalue weighted by Crippen LogP contribution is -2.23. The molecule has 0 amide bonds. The van der Waals surface area contributed by atoms with Crippen molar-refractivity contribution in [1.82, 2.24) is 0 Å². The van der Waals surface area contributed by atoms with Crippen molar-refractivity contribution >= 4 is 0 Å². The third kappa shape index (κ3) is 8.22. The molecule has 0 rings (SSSR count). The van der Waals surface area contributed by atoms with Gasteiger partial charge < -0.3 is 14.2 Å². The molecule has 0 aliphatic rings. The Morgan fingerprint density at radius 3 is 1.92 bits per heavy atom. The van der Waals surface area contributed by atoms with Gasteiger partial charge in [0.05, 0.1) is 31.5 Å². The summed E-state index contributed by atoms with van der Waals surface area (Å²) in [5.74, 6) is 0. The summed E-state index contributed by atoms with van der Waals surface area (Å²) in [7, 11) is 1.68. The third-order valence-corrected chi connectivity index (χ3v) is 1.61. The minimum absolute atomic E-state index is 0.157. The smallest absolute Gasteiger partial charge is 0.0783 e. The van der Waals surface area contributed by atoms with Gasteiger partial charge in [-0.2, -0.15) is 0 Å². The molecule has 0 heterocycles. The molecule has 0 saturated heterocycles. The van der Waals surface area contributed by atoms with Gasteiger partial charge in [0.1, 0.15) is 0 Å². The largest absolute Gasteiger partial charge is 0.379 e. The zero-order valence-corrected chi connectivity index (χ0v) is 9.37. The van der Waals surface area contributed by atoms with Crippen LogP contribution in [0.3, 0.4) is 0 Å². The summed E-state index contributed by atoms with van der Waals surface area (Å²) in [6.45, 7) is 9.29. The molecule has 80 valence electrons. The lowest BCUT2D eigenvalue weighted by atomic mass is 10.4. The van der Waals surface area contributed by atoms with Crippen LogP contribution < -0.4 is 0 Å². The van der Waals surface area contributed by atoms with Crippen LogP contribution in [0.2, 0.25) is 0 Å². The van der Waals surface area contributed by atoms with Gasteiger partial charge >= 0.3 is 0 Å². The maximum Gasteiger partial charge on any atom is 0.0783 e. The zero-order chi connectivity index (χ0) is 10.3. The van der Waals surface area contributed by atoms with E-state index in [9.17, 15) is 0 Å². The maximum atomic E-state index is 5.50. The van der Waals surface area contributed by atoms with Gasteiger partial charge in [-0.3, -0.25) is 0 Å². The van der Waals surface area contributed by atoms with E-state index in [1.54, 1.807) is 7.11 Å². The Balaban J connectivity index is 3.31. The second-order valence-corrected chi connectivity index (χ2v) is 3.58. The maximum absolute atomic E-state index is 5.50. The fourth-order valence-electron chi connectivity index (χ4n) is 0.972. The van der Waals surface area contributed by atoms with Crippen molar-refractivity contribution in [2.75, 3.05) is 20.3 Å². The topological polar surface area (TPSA) is 27.7 Å². The quantitative estimate of drug-likeness (QED) is 0.613. The Morgan fingerprint density at radius 2 is 1.46 bits per heavy atom. The fraction of sp³-hybridized carbons (Fsp3) is 1.00. The van der Waals surface area contributed by atoms with Gasteiger partial charge in [0.15, 0.2) is 0 Å². The highest BCUT2D eigenvalue weighted by molar-refractivity contribution is 4.51. The van der Waals surface area contributed by atoms with E-state index >= 15 is 0 Å². The van der Waals surface area contributed by atoms with E-state index in [0.29, 0.717) is 13.2 Å². The molecule has 0 aliphatic heterocycles. The summed E-state index contributed by atoms with van der Waals surface area (Å²) in [5, 5.41) is 0. The first-order chi connectivity index (χ1) is 6.06. The van der Waals surface area contributed by atoms with Gasteiger partial charge in [0, 0.05) is 7.11 Å². The Kier molecular flexibility index (Phi) is 7.23. The summed E-state index contributed by atoms with van der Waals surface area (Å²) >= 11 is 0. The highest BCUT2D eigenvalue weighted by Crippen LogP contribution is 1.98. The normalized spacial score (nSPS) is 16.2. The van der Waals surface area contributed by atoms with E-state index < -0.39 is 0 Å². The number of ether oxygens (including phenoxy) is 3. The van der Waals surface area contributed by atoms with Gasteiger partial charge in [-0.05, 0) is 27.7 Å². The lowest BCUT2D eigenvalue weighted by molar-refractivity contribution is -0.0547. The van der Waals surface area contributed by atoms with Crippen LogP contribution in [0.25, 0.3) is 0 Å². The van der Waals surface area contributed by atoms with Crippen molar-refractivity contribution in [2.45, 2.75) is 46.0 Å². The lowest BCUT2D eigenvalue weighted by Gasteiger charge is -2.17. The predicted molar refractivity (Wildman–Crippen MR) is 53.0 cm³/mol. The fourth-order valence-corrected chi connectivity index (χ4v) is 0.972. The molecule has 0 aromatic rings. The minimum atomic E-state index is 0.157. The highest BCUT2D eigenvalue weighted by atomic mass is 16.6. The van der Waals surface area contributed by atoms with E-state index in [1.165, 1.54) is 0 Å². The van der Waals surface area contributed by atoms with E-state index in [2.05, 4.69) is 0 Å². The molecule has 2 atom stereocenters. The van der Waals surface area contributed by atoms with Crippen LogP contribution in [0, 0.1) is 0 Å². The van der Waals surface area contributed by atoms with Gasteiger partial charge in [0.2, 0.25) is 0 Å². The first kappa shape index (κ1) is 12.9. The molecular formula is C10H22O3. The Labute approximate surface area is 81.4 Å². The standard InChI is InChI=1S/C10H22O3/c1-8(2)13-10(4)7-12-6-9(3)11-5/h8-10H,6-7H2,1-5H3. The first-order valence-electron chi connectivity index (χ1n) is 4.82. The molecule has 0 bridgehead atoms. The SMILES string of the molecule is COC(C)COCC(C)OC(C)C. The molecule has 2 unspecified atom stereocenters. The summed E-state index contributed by atoms with van der Waals surface area (Å²) in [4.78, 5) is 0. The average molecular weight is 190 g/mol. The first-order valence-corrected chi connectivity index (χ1v) is 4.82. The molecule has 0 fully saturated rings.